The second-order valence-electron chi connectivity index (χ2n) is 4.93. The van der Waals surface area contributed by atoms with Gasteiger partial charge >= 0.3 is 12.0 Å². The highest BCUT2D eigenvalue weighted by atomic mass is 32.2. The molecule has 0 aromatic rings. The van der Waals surface area contributed by atoms with Crippen LogP contribution in [-0.2, 0) is 9.53 Å². The minimum Gasteiger partial charge on any atom is -0.481 e. The van der Waals surface area contributed by atoms with Crippen LogP contribution >= 0.6 is 11.8 Å². The molecule has 0 saturated carbocycles. The summed E-state index contributed by atoms with van der Waals surface area (Å²) in [6, 6.07) is -0.732. The molecule has 7 heteroatoms. The summed E-state index contributed by atoms with van der Waals surface area (Å²) in [5.74, 6) is -0.411. The van der Waals surface area contributed by atoms with Crippen LogP contribution in [0.5, 0.6) is 0 Å². The lowest BCUT2D eigenvalue weighted by Gasteiger charge is -2.22. The maximum atomic E-state index is 11.7. The fraction of sp³-hybridized carbons (Fsp3) is 0.833. The van der Waals surface area contributed by atoms with E-state index >= 15 is 0 Å². The Morgan fingerprint density at radius 2 is 2.16 bits per heavy atom. The summed E-state index contributed by atoms with van der Waals surface area (Å²) in [4.78, 5) is 22.7. The average molecular weight is 288 g/mol. The number of carbonyl (C=O) groups is 2. The summed E-state index contributed by atoms with van der Waals surface area (Å²) >= 11 is 1.89. The van der Waals surface area contributed by atoms with E-state index in [2.05, 4.69) is 10.6 Å². The van der Waals surface area contributed by atoms with Crippen LogP contribution in [0.2, 0.25) is 0 Å². The number of carboxylic acids is 1. The van der Waals surface area contributed by atoms with E-state index in [9.17, 15) is 9.59 Å². The Morgan fingerprint density at radius 1 is 1.32 bits per heavy atom. The van der Waals surface area contributed by atoms with Crippen LogP contribution in [0.4, 0.5) is 4.79 Å². The Bertz CT molecular complexity index is 334. The Hall–Kier alpha value is -0.950. The molecular weight excluding hydrogens is 268 g/mol. The van der Waals surface area contributed by atoms with E-state index in [4.69, 9.17) is 9.84 Å². The maximum Gasteiger partial charge on any atom is 0.315 e. The number of hydrogen-bond donors (Lipinski definition) is 3. The number of carboxylic acid groups (broad SMARTS) is 1. The first-order valence-corrected chi connectivity index (χ1v) is 7.68. The number of hydrogen-bond acceptors (Lipinski definition) is 4. The number of aliphatic carboxylic acids is 1. The molecule has 3 unspecified atom stereocenters. The van der Waals surface area contributed by atoms with Crippen LogP contribution in [0, 0.1) is 5.92 Å². The number of nitrogens with one attached hydrogen (secondary N) is 2. The molecule has 2 fully saturated rings. The Kier molecular flexibility index (Phi) is 5.33. The monoisotopic (exact) mass is 288 g/mol. The summed E-state index contributed by atoms with van der Waals surface area (Å²) < 4.78 is 5.10. The maximum absolute atomic E-state index is 11.7. The molecule has 6 nitrogen and oxygen atoms in total. The van der Waals surface area contributed by atoms with Gasteiger partial charge < -0.3 is 20.5 Å². The van der Waals surface area contributed by atoms with Gasteiger partial charge in [0.25, 0.3) is 0 Å². The molecule has 0 spiro atoms. The molecule has 0 bridgehead atoms. The van der Waals surface area contributed by atoms with Crippen molar-refractivity contribution in [1.29, 1.82) is 0 Å². The van der Waals surface area contributed by atoms with Crippen molar-refractivity contribution in [3.05, 3.63) is 0 Å². The molecular formula is C12H20N2O4S. The molecule has 0 aromatic carbocycles. The van der Waals surface area contributed by atoms with E-state index in [1.807, 2.05) is 11.8 Å². The molecule has 0 aliphatic carbocycles. The summed E-state index contributed by atoms with van der Waals surface area (Å²) in [7, 11) is 0. The largest absolute Gasteiger partial charge is 0.481 e. The molecule has 2 aliphatic rings. The molecule has 2 saturated heterocycles. The van der Waals surface area contributed by atoms with Crippen LogP contribution in [-0.4, -0.2) is 53.9 Å². The second kappa shape index (κ2) is 7.00. The molecule has 0 aromatic heterocycles. The van der Waals surface area contributed by atoms with Crippen LogP contribution in [0.15, 0.2) is 0 Å². The molecule has 3 atom stereocenters. The first kappa shape index (κ1) is 14.5. The van der Waals surface area contributed by atoms with E-state index in [1.54, 1.807) is 0 Å². The van der Waals surface area contributed by atoms with Gasteiger partial charge in [-0.05, 0) is 18.6 Å². The van der Waals surface area contributed by atoms with Crippen LogP contribution in [0.1, 0.15) is 19.3 Å². The number of thioether (sulfide) groups is 1. The zero-order chi connectivity index (χ0) is 13.7. The van der Waals surface area contributed by atoms with E-state index in [1.165, 1.54) is 12.8 Å². The van der Waals surface area contributed by atoms with Crippen LogP contribution < -0.4 is 10.6 Å². The average Bonchev–Trinajstić information content (AvgIpc) is 2.86. The highest BCUT2D eigenvalue weighted by molar-refractivity contribution is 7.99. The lowest BCUT2D eigenvalue weighted by atomic mass is 10.0. The van der Waals surface area contributed by atoms with Gasteiger partial charge in [0.1, 0.15) is 5.92 Å². The Morgan fingerprint density at radius 3 is 2.84 bits per heavy atom. The van der Waals surface area contributed by atoms with Gasteiger partial charge in [0.15, 0.2) is 0 Å². The molecule has 2 heterocycles. The van der Waals surface area contributed by atoms with Crippen molar-refractivity contribution < 1.29 is 19.4 Å². The summed E-state index contributed by atoms with van der Waals surface area (Å²) in [6.07, 6.45) is 3.61. The Balaban J connectivity index is 1.70. The van der Waals surface area contributed by atoms with Gasteiger partial charge in [-0.15, -0.1) is 0 Å². The smallest absolute Gasteiger partial charge is 0.315 e. The first-order chi connectivity index (χ1) is 9.16. The third-order valence-corrected chi connectivity index (χ3v) is 4.88. The highest BCUT2D eigenvalue weighted by Crippen LogP contribution is 2.24. The first-order valence-electron chi connectivity index (χ1n) is 6.63. The topological polar surface area (TPSA) is 87.7 Å². The number of rotatable bonds is 4. The fourth-order valence-corrected chi connectivity index (χ4v) is 3.57. The van der Waals surface area contributed by atoms with Gasteiger partial charge in [0.2, 0.25) is 0 Å². The summed E-state index contributed by atoms with van der Waals surface area (Å²) in [5, 5.41) is 15.0. The van der Waals surface area contributed by atoms with Crippen molar-refractivity contribution in [3.8, 4) is 0 Å². The zero-order valence-corrected chi connectivity index (χ0v) is 11.6. The SMILES string of the molecule is O=C(NCC1CCCCS1)NC1COCC1C(=O)O. The molecule has 2 rings (SSSR count). The minimum atomic E-state index is -0.925. The van der Waals surface area contributed by atoms with Gasteiger partial charge in [-0.3, -0.25) is 4.79 Å². The standard InChI is InChI=1S/C12H20N2O4S/c15-11(16)9-6-18-7-10(9)14-12(17)13-5-8-3-1-2-4-19-8/h8-10H,1-7H2,(H,15,16)(H2,13,14,17). The van der Waals surface area contributed by atoms with E-state index in [0.29, 0.717) is 11.8 Å². The number of amides is 2. The lowest BCUT2D eigenvalue weighted by Crippen LogP contribution is -2.48. The van der Waals surface area contributed by atoms with Crippen molar-refractivity contribution in [3.63, 3.8) is 0 Å². The van der Waals surface area contributed by atoms with Crippen molar-refractivity contribution in [2.24, 2.45) is 5.92 Å². The van der Waals surface area contributed by atoms with E-state index < -0.39 is 17.9 Å². The number of ether oxygens (including phenoxy) is 1. The molecule has 19 heavy (non-hydrogen) atoms. The second-order valence-corrected chi connectivity index (χ2v) is 6.34. The predicted octanol–water partition coefficient (Wildman–Crippen LogP) is 0.671. The predicted molar refractivity (Wildman–Crippen MR) is 72.4 cm³/mol. The molecule has 2 aliphatic heterocycles. The van der Waals surface area contributed by atoms with Gasteiger partial charge in [-0.25, -0.2) is 4.79 Å². The van der Waals surface area contributed by atoms with E-state index in [0.717, 1.165) is 12.2 Å². The van der Waals surface area contributed by atoms with Gasteiger partial charge in [0, 0.05) is 11.8 Å². The minimum absolute atomic E-state index is 0.165. The molecule has 0 radical (unpaired) electrons. The van der Waals surface area contributed by atoms with Gasteiger partial charge in [-0.1, -0.05) is 6.42 Å². The molecule has 3 N–H and O–H groups in total. The molecule has 108 valence electrons. The van der Waals surface area contributed by atoms with Crippen molar-refractivity contribution in [2.75, 3.05) is 25.5 Å². The quantitative estimate of drug-likeness (QED) is 0.708. The zero-order valence-electron chi connectivity index (χ0n) is 10.8. The highest BCUT2D eigenvalue weighted by Gasteiger charge is 2.35. The fourth-order valence-electron chi connectivity index (χ4n) is 2.33. The third-order valence-electron chi connectivity index (χ3n) is 3.48. The number of urea groups is 1. The summed E-state index contributed by atoms with van der Waals surface area (Å²) in [5.41, 5.74) is 0. The van der Waals surface area contributed by atoms with Gasteiger partial charge in [0.05, 0.1) is 19.3 Å². The van der Waals surface area contributed by atoms with Gasteiger partial charge in [-0.2, -0.15) is 11.8 Å². The normalized spacial score (nSPS) is 30.8. The van der Waals surface area contributed by atoms with Crippen LogP contribution in [0.25, 0.3) is 0 Å². The summed E-state index contributed by atoms with van der Waals surface area (Å²) in [6.45, 7) is 1.07. The van der Waals surface area contributed by atoms with Crippen molar-refractivity contribution in [1.82, 2.24) is 10.6 Å². The Labute approximate surface area is 116 Å². The van der Waals surface area contributed by atoms with Crippen LogP contribution in [0.3, 0.4) is 0 Å². The molecule has 2 amide bonds. The van der Waals surface area contributed by atoms with Crippen molar-refractivity contribution >= 4 is 23.8 Å². The number of carbonyl (C=O) groups excluding carboxylic acids is 1. The van der Waals surface area contributed by atoms with E-state index in [-0.39, 0.29) is 19.2 Å². The third kappa shape index (κ3) is 4.28. The lowest BCUT2D eigenvalue weighted by molar-refractivity contribution is -0.142. The van der Waals surface area contributed by atoms with Crippen molar-refractivity contribution in [2.45, 2.75) is 30.6 Å².